The topological polar surface area (TPSA) is 64.1 Å². The van der Waals surface area contributed by atoms with Gasteiger partial charge in [0, 0.05) is 5.56 Å². The number of hydrogen-bond donors (Lipinski definition) is 1. The van der Waals surface area contributed by atoms with Crippen LogP contribution in [-0.4, -0.2) is 23.0 Å². The van der Waals surface area contributed by atoms with Crippen LogP contribution in [0.5, 0.6) is 5.75 Å². The Morgan fingerprint density at radius 1 is 1.33 bits per heavy atom. The number of amides is 1. The summed E-state index contributed by atoms with van der Waals surface area (Å²) in [7, 11) is 1.57. The molecule has 0 unspecified atom stereocenters. The quantitative estimate of drug-likeness (QED) is 0.946. The first kappa shape index (κ1) is 12.5. The summed E-state index contributed by atoms with van der Waals surface area (Å²) >= 11 is 3.33. The molecule has 0 atom stereocenters. The zero-order valence-corrected chi connectivity index (χ0v) is 11.1. The Hall–Kier alpha value is -1.95. The highest BCUT2D eigenvalue weighted by Crippen LogP contribution is 2.25. The number of ether oxygens (including phenoxy) is 1. The van der Waals surface area contributed by atoms with Crippen molar-refractivity contribution in [3.8, 4) is 5.75 Å². The van der Waals surface area contributed by atoms with Gasteiger partial charge < -0.3 is 10.1 Å². The Morgan fingerprint density at radius 2 is 2.06 bits per heavy atom. The number of nitrogens with zero attached hydrogens (tertiary/aromatic N) is 2. The van der Waals surface area contributed by atoms with Crippen molar-refractivity contribution in [3.63, 3.8) is 0 Å². The third-order valence-corrected chi connectivity index (χ3v) is 2.85. The fourth-order valence-electron chi connectivity index (χ4n) is 1.37. The number of rotatable bonds is 3. The summed E-state index contributed by atoms with van der Waals surface area (Å²) < 4.78 is 5.82. The maximum absolute atomic E-state index is 11.9. The van der Waals surface area contributed by atoms with Gasteiger partial charge in [-0.15, -0.1) is 0 Å². The lowest BCUT2D eigenvalue weighted by atomic mass is 10.2. The first-order valence-corrected chi connectivity index (χ1v) is 5.90. The van der Waals surface area contributed by atoms with Crippen molar-refractivity contribution in [2.75, 3.05) is 12.4 Å². The normalized spacial score (nSPS) is 9.89. The molecule has 0 bridgehead atoms. The number of benzene rings is 1. The van der Waals surface area contributed by atoms with Crippen molar-refractivity contribution in [3.05, 3.63) is 47.0 Å². The Bertz CT molecular complexity index is 561. The molecule has 0 spiro atoms. The monoisotopic (exact) mass is 307 g/mol. The predicted molar refractivity (Wildman–Crippen MR) is 70.7 cm³/mol. The van der Waals surface area contributed by atoms with E-state index in [4.69, 9.17) is 4.74 Å². The molecule has 2 aromatic rings. The molecular formula is C12H10BrN3O2. The molecule has 1 N–H and O–H groups in total. The molecule has 0 aliphatic heterocycles. The number of carbonyl (C=O) groups excluding carboxylic acids is 1. The minimum Gasteiger partial charge on any atom is -0.496 e. The van der Waals surface area contributed by atoms with Gasteiger partial charge in [0.2, 0.25) is 0 Å². The smallest absolute Gasteiger partial charge is 0.255 e. The number of carbonyl (C=O) groups is 1. The van der Waals surface area contributed by atoms with E-state index in [2.05, 4.69) is 31.2 Å². The minimum atomic E-state index is -0.229. The van der Waals surface area contributed by atoms with Crippen molar-refractivity contribution in [1.29, 1.82) is 0 Å². The summed E-state index contributed by atoms with van der Waals surface area (Å²) in [6.07, 6.45) is 4.46. The molecule has 0 fully saturated rings. The summed E-state index contributed by atoms with van der Waals surface area (Å²) in [5.74, 6) is 0.447. The van der Waals surface area contributed by atoms with Crippen molar-refractivity contribution >= 4 is 27.5 Å². The van der Waals surface area contributed by atoms with Gasteiger partial charge in [0.15, 0.2) is 0 Å². The lowest BCUT2D eigenvalue weighted by molar-refractivity contribution is 0.102. The van der Waals surface area contributed by atoms with Crippen LogP contribution >= 0.6 is 15.9 Å². The van der Waals surface area contributed by atoms with Gasteiger partial charge >= 0.3 is 0 Å². The van der Waals surface area contributed by atoms with E-state index in [0.717, 1.165) is 4.47 Å². The number of halogens is 1. The predicted octanol–water partition coefficient (Wildman–Crippen LogP) is 2.50. The van der Waals surface area contributed by atoms with Gasteiger partial charge in [-0.1, -0.05) is 0 Å². The van der Waals surface area contributed by atoms with Crippen LogP contribution in [0.4, 0.5) is 5.69 Å². The summed E-state index contributed by atoms with van der Waals surface area (Å²) in [6, 6.07) is 5.10. The summed E-state index contributed by atoms with van der Waals surface area (Å²) in [5.41, 5.74) is 1.07. The molecule has 1 aromatic heterocycles. The average Bonchev–Trinajstić information content (AvgIpc) is 2.39. The van der Waals surface area contributed by atoms with Crippen LogP contribution in [0.15, 0.2) is 41.4 Å². The zero-order valence-electron chi connectivity index (χ0n) is 9.55. The summed E-state index contributed by atoms with van der Waals surface area (Å²) in [6.45, 7) is 0. The van der Waals surface area contributed by atoms with Gasteiger partial charge in [-0.25, -0.2) is 9.97 Å². The van der Waals surface area contributed by atoms with Gasteiger partial charge in [-0.3, -0.25) is 4.79 Å². The number of methoxy groups -OCH3 is 1. The highest BCUT2D eigenvalue weighted by atomic mass is 79.9. The second-order valence-electron chi connectivity index (χ2n) is 3.43. The van der Waals surface area contributed by atoms with E-state index in [1.165, 1.54) is 18.7 Å². The van der Waals surface area contributed by atoms with Gasteiger partial charge in [-0.05, 0) is 34.1 Å². The van der Waals surface area contributed by atoms with Crippen LogP contribution < -0.4 is 10.1 Å². The van der Waals surface area contributed by atoms with Crippen molar-refractivity contribution in [2.45, 2.75) is 0 Å². The molecule has 92 valence electrons. The molecule has 0 saturated heterocycles. The second-order valence-corrected chi connectivity index (χ2v) is 4.28. The molecule has 1 heterocycles. The van der Waals surface area contributed by atoms with Gasteiger partial charge in [-0.2, -0.15) is 0 Å². The molecule has 0 radical (unpaired) electrons. The molecule has 0 aliphatic carbocycles. The van der Waals surface area contributed by atoms with Crippen molar-refractivity contribution in [1.82, 2.24) is 9.97 Å². The van der Waals surface area contributed by atoms with E-state index in [-0.39, 0.29) is 5.91 Å². The first-order valence-electron chi connectivity index (χ1n) is 5.10. The second kappa shape index (κ2) is 5.59. The third kappa shape index (κ3) is 2.84. The highest BCUT2D eigenvalue weighted by Gasteiger charge is 2.09. The molecule has 2 rings (SSSR count). The molecule has 0 aliphatic rings. The van der Waals surface area contributed by atoms with E-state index < -0.39 is 0 Å². The molecule has 5 nitrogen and oxygen atoms in total. The zero-order chi connectivity index (χ0) is 13.0. The number of hydrogen-bond acceptors (Lipinski definition) is 4. The van der Waals surface area contributed by atoms with Gasteiger partial charge in [0.25, 0.3) is 5.91 Å². The Kier molecular flexibility index (Phi) is 3.88. The molecule has 0 saturated carbocycles. The maximum atomic E-state index is 11.9. The van der Waals surface area contributed by atoms with Crippen molar-refractivity contribution < 1.29 is 9.53 Å². The van der Waals surface area contributed by atoms with Crippen LogP contribution in [0.25, 0.3) is 0 Å². The van der Waals surface area contributed by atoms with Gasteiger partial charge in [0.05, 0.1) is 29.7 Å². The Balaban J connectivity index is 2.17. The third-order valence-electron chi connectivity index (χ3n) is 2.23. The fraction of sp³-hybridized carbons (Fsp3) is 0.0833. The summed E-state index contributed by atoms with van der Waals surface area (Å²) in [4.78, 5) is 19.6. The number of anilines is 1. The van der Waals surface area contributed by atoms with E-state index in [9.17, 15) is 4.79 Å². The average molecular weight is 308 g/mol. The van der Waals surface area contributed by atoms with E-state index >= 15 is 0 Å². The van der Waals surface area contributed by atoms with Crippen LogP contribution in [-0.2, 0) is 0 Å². The molecule has 18 heavy (non-hydrogen) atoms. The lowest BCUT2D eigenvalue weighted by Gasteiger charge is -2.07. The molecule has 1 amide bonds. The first-order chi connectivity index (χ1) is 8.70. The molecular weight excluding hydrogens is 298 g/mol. The highest BCUT2D eigenvalue weighted by molar-refractivity contribution is 9.10. The number of aromatic nitrogens is 2. The Morgan fingerprint density at radius 3 is 2.67 bits per heavy atom. The SMILES string of the molecule is COc1ccc(C(=O)Nc2cncnc2)cc1Br. The van der Waals surface area contributed by atoms with Crippen LogP contribution in [0.1, 0.15) is 10.4 Å². The minimum absolute atomic E-state index is 0.229. The maximum Gasteiger partial charge on any atom is 0.255 e. The van der Waals surface area contributed by atoms with E-state index in [0.29, 0.717) is 17.0 Å². The van der Waals surface area contributed by atoms with E-state index in [1.807, 2.05) is 0 Å². The molecule has 1 aromatic carbocycles. The van der Waals surface area contributed by atoms with Crippen LogP contribution in [0.3, 0.4) is 0 Å². The largest absolute Gasteiger partial charge is 0.496 e. The lowest BCUT2D eigenvalue weighted by Crippen LogP contribution is -2.12. The summed E-state index contributed by atoms with van der Waals surface area (Å²) in [5, 5.41) is 2.70. The number of nitrogens with one attached hydrogen (secondary N) is 1. The standard InChI is InChI=1S/C12H10BrN3O2/c1-18-11-3-2-8(4-10(11)13)12(17)16-9-5-14-7-15-6-9/h2-7H,1H3,(H,16,17). The molecule has 6 heteroatoms. The van der Waals surface area contributed by atoms with Crippen LogP contribution in [0, 0.1) is 0 Å². The van der Waals surface area contributed by atoms with Crippen molar-refractivity contribution in [2.24, 2.45) is 0 Å². The fourth-order valence-corrected chi connectivity index (χ4v) is 1.92. The van der Waals surface area contributed by atoms with Crippen LogP contribution in [0.2, 0.25) is 0 Å². The van der Waals surface area contributed by atoms with E-state index in [1.54, 1.807) is 25.3 Å². The van der Waals surface area contributed by atoms with Gasteiger partial charge in [0.1, 0.15) is 12.1 Å². The Labute approximate surface area is 112 Å².